The second-order valence-electron chi connectivity index (χ2n) is 7.45. The van der Waals surface area contributed by atoms with E-state index in [1.165, 1.54) is 6.26 Å². The monoisotopic (exact) mass is 359 g/mol. The first-order valence-electron chi connectivity index (χ1n) is 8.88. The Balaban J connectivity index is 1.74. The zero-order valence-corrected chi connectivity index (χ0v) is 15.5. The summed E-state index contributed by atoms with van der Waals surface area (Å²) in [4.78, 5) is 17.5. The van der Waals surface area contributed by atoms with E-state index in [1.54, 1.807) is 7.11 Å². The standard InChI is InChI=1S/C16H29N3O4S/c1-23-14-5-9-18(10-6-14)15(20)16-7-3-4-8-19(16)12-13(11-16)17-24(2,21)22/h13-14,17H,3-12H2,1-2H3/t13-,16+/m0/s1. The normalized spacial score (nSPS) is 32.8. The molecule has 1 amide bonds. The van der Waals surface area contributed by atoms with Crippen molar-refractivity contribution in [3.8, 4) is 0 Å². The highest BCUT2D eigenvalue weighted by Gasteiger charge is 2.53. The number of fused-ring (bicyclic) bond motifs is 1. The van der Waals surface area contributed by atoms with E-state index in [-0.39, 0.29) is 18.1 Å². The molecular formula is C16H29N3O4S. The highest BCUT2D eigenvalue weighted by molar-refractivity contribution is 7.88. The molecule has 2 atom stereocenters. The summed E-state index contributed by atoms with van der Waals surface area (Å²) in [7, 11) is -1.53. The molecule has 3 aliphatic rings. The zero-order valence-electron chi connectivity index (χ0n) is 14.7. The number of hydrogen-bond donors (Lipinski definition) is 1. The van der Waals surface area contributed by atoms with E-state index in [4.69, 9.17) is 4.74 Å². The van der Waals surface area contributed by atoms with Crippen molar-refractivity contribution in [2.24, 2.45) is 0 Å². The van der Waals surface area contributed by atoms with Gasteiger partial charge in [0.05, 0.1) is 12.4 Å². The van der Waals surface area contributed by atoms with Gasteiger partial charge in [0.2, 0.25) is 15.9 Å². The number of sulfonamides is 1. The number of carbonyl (C=O) groups is 1. The first-order chi connectivity index (χ1) is 11.3. The third-order valence-corrected chi connectivity index (χ3v) is 6.50. The molecule has 0 bridgehead atoms. The summed E-state index contributed by atoms with van der Waals surface area (Å²) < 4.78 is 31.3. The molecule has 3 saturated heterocycles. The lowest BCUT2D eigenvalue weighted by molar-refractivity contribution is -0.147. The molecule has 0 unspecified atom stereocenters. The van der Waals surface area contributed by atoms with Gasteiger partial charge in [-0.05, 0) is 45.1 Å². The Morgan fingerprint density at radius 2 is 1.92 bits per heavy atom. The lowest BCUT2D eigenvalue weighted by Gasteiger charge is -2.45. The first kappa shape index (κ1) is 18.1. The number of nitrogens with one attached hydrogen (secondary N) is 1. The van der Waals surface area contributed by atoms with E-state index in [2.05, 4.69) is 9.62 Å². The number of piperidine rings is 2. The molecule has 0 saturated carbocycles. The van der Waals surface area contributed by atoms with Gasteiger partial charge in [0.15, 0.2) is 0 Å². The predicted molar refractivity (Wildman–Crippen MR) is 91.2 cm³/mol. The molecule has 0 aliphatic carbocycles. The Morgan fingerprint density at radius 3 is 2.54 bits per heavy atom. The average Bonchev–Trinajstić information content (AvgIpc) is 2.91. The SMILES string of the molecule is COC1CCN(C(=O)[C@]23CCCCN2C[C@@H](NS(C)(=O)=O)C3)CC1. The van der Waals surface area contributed by atoms with Crippen LogP contribution in [0.4, 0.5) is 0 Å². The number of hydrogen-bond acceptors (Lipinski definition) is 5. The van der Waals surface area contributed by atoms with Crippen LogP contribution in [0.5, 0.6) is 0 Å². The molecule has 7 nitrogen and oxygen atoms in total. The summed E-state index contributed by atoms with van der Waals surface area (Å²) in [5, 5.41) is 0. The van der Waals surface area contributed by atoms with Crippen molar-refractivity contribution in [1.29, 1.82) is 0 Å². The molecule has 138 valence electrons. The number of methoxy groups -OCH3 is 1. The third kappa shape index (κ3) is 3.61. The number of ether oxygens (including phenoxy) is 1. The van der Waals surface area contributed by atoms with Gasteiger partial charge in [-0.15, -0.1) is 0 Å². The van der Waals surface area contributed by atoms with Crippen molar-refractivity contribution < 1.29 is 17.9 Å². The van der Waals surface area contributed by atoms with Gasteiger partial charge in [-0.1, -0.05) is 0 Å². The third-order valence-electron chi connectivity index (χ3n) is 5.74. The van der Waals surface area contributed by atoms with Gasteiger partial charge in [-0.25, -0.2) is 13.1 Å². The predicted octanol–water partition coefficient (Wildman–Crippen LogP) is 0.170. The van der Waals surface area contributed by atoms with Crippen molar-refractivity contribution in [2.45, 2.75) is 56.2 Å². The van der Waals surface area contributed by atoms with Crippen molar-refractivity contribution in [2.75, 3.05) is 39.5 Å². The molecule has 3 fully saturated rings. The molecule has 3 heterocycles. The lowest BCUT2D eigenvalue weighted by Crippen LogP contribution is -2.59. The second-order valence-corrected chi connectivity index (χ2v) is 9.23. The molecular weight excluding hydrogens is 330 g/mol. The molecule has 0 aromatic carbocycles. The van der Waals surface area contributed by atoms with Gasteiger partial charge >= 0.3 is 0 Å². The Morgan fingerprint density at radius 1 is 1.21 bits per heavy atom. The minimum atomic E-state index is -3.26. The van der Waals surface area contributed by atoms with Crippen LogP contribution in [-0.2, 0) is 19.6 Å². The highest BCUT2D eigenvalue weighted by atomic mass is 32.2. The van der Waals surface area contributed by atoms with Gasteiger partial charge in [0, 0.05) is 32.8 Å². The molecule has 3 rings (SSSR count). The van der Waals surface area contributed by atoms with E-state index in [0.717, 1.165) is 51.7 Å². The molecule has 0 spiro atoms. The Kier molecular flexibility index (Phi) is 5.20. The Bertz CT molecular complexity index is 574. The van der Waals surface area contributed by atoms with Crippen molar-refractivity contribution in [1.82, 2.24) is 14.5 Å². The first-order valence-corrected chi connectivity index (χ1v) is 10.8. The summed E-state index contributed by atoms with van der Waals surface area (Å²) in [5.74, 6) is 0.189. The van der Waals surface area contributed by atoms with Crippen LogP contribution in [0.2, 0.25) is 0 Å². The zero-order chi connectivity index (χ0) is 17.4. The molecule has 1 N–H and O–H groups in total. The molecule has 8 heteroatoms. The number of carbonyl (C=O) groups excluding carboxylic acids is 1. The summed E-state index contributed by atoms with van der Waals surface area (Å²) in [5.41, 5.74) is -0.513. The van der Waals surface area contributed by atoms with Crippen molar-refractivity contribution in [3.63, 3.8) is 0 Å². The highest BCUT2D eigenvalue weighted by Crippen LogP contribution is 2.40. The van der Waals surface area contributed by atoms with Gasteiger partial charge in [0.1, 0.15) is 5.54 Å². The summed E-state index contributed by atoms with van der Waals surface area (Å²) in [6.07, 6.45) is 6.72. The van der Waals surface area contributed by atoms with E-state index >= 15 is 0 Å². The molecule has 0 aromatic rings. The molecule has 0 radical (unpaired) electrons. The lowest BCUT2D eigenvalue weighted by atomic mass is 9.84. The fourth-order valence-corrected chi connectivity index (χ4v) is 5.39. The summed E-state index contributed by atoms with van der Waals surface area (Å²) in [6.45, 7) is 2.98. The number of rotatable bonds is 4. The van der Waals surface area contributed by atoms with Gasteiger partial charge < -0.3 is 9.64 Å². The fraction of sp³-hybridized carbons (Fsp3) is 0.938. The van der Waals surface area contributed by atoms with Crippen LogP contribution < -0.4 is 4.72 Å². The van der Waals surface area contributed by atoms with Gasteiger partial charge in [-0.3, -0.25) is 9.69 Å². The second kappa shape index (κ2) is 6.90. The molecule has 0 aromatic heterocycles. The van der Waals surface area contributed by atoms with E-state index in [0.29, 0.717) is 13.0 Å². The average molecular weight is 359 g/mol. The summed E-state index contributed by atoms with van der Waals surface area (Å²) in [6, 6.07) is -0.168. The molecule has 3 aliphatic heterocycles. The van der Waals surface area contributed by atoms with Crippen LogP contribution in [-0.4, -0.2) is 81.4 Å². The van der Waals surface area contributed by atoms with E-state index in [1.807, 2.05) is 4.90 Å². The number of amides is 1. The fourth-order valence-electron chi connectivity index (χ4n) is 4.63. The minimum absolute atomic E-state index is 0.168. The van der Waals surface area contributed by atoms with E-state index < -0.39 is 15.6 Å². The molecule has 24 heavy (non-hydrogen) atoms. The van der Waals surface area contributed by atoms with Crippen LogP contribution in [0.15, 0.2) is 0 Å². The number of nitrogens with zero attached hydrogens (tertiary/aromatic N) is 2. The van der Waals surface area contributed by atoms with Crippen LogP contribution >= 0.6 is 0 Å². The van der Waals surface area contributed by atoms with Crippen LogP contribution in [0, 0.1) is 0 Å². The topological polar surface area (TPSA) is 79.0 Å². The van der Waals surface area contributed by atoms with Crippen molar-refractivity contribution >= 4 is 15.9 Å². The van der Waals surface area contributed by atoms with Crippen LogP contribution in [0.25, 0.3) is 0 Å². The van der Waals surface area contributed by atoms with Gasteiger partial charge in [0.25, 0.3) is 0 Å². The Hall–Kier alpha value is -0.700. The Labute approximate surface area is 144 Å². The quantitative estimate of drug-likeness (QED) is 0.774. The maximum absolute atomic E-state index is 13.3. The van der Waals surface area contributed by atoms with Crippen LogP contribution in [0.1, 0.15) is 38.5 Å². The van der Waals surface area contributed by atoms with E-state index in [9.17, 15) is 13.2 Å². The maximum Gasteiger partial charge on any atom is 0.243 e. The maximum atomic E-state index is 13.3. The minimum Gasteiger partial charge on any atom is -0.381 e. The smallest absolute Gasteiger partial charge is 0.243 e. The number of likely N-dealkylation sites (tertiary alicyclic amines) is 1. The van der Waals surface area contributed by atoms with Crippen LogP contribution in [0.3, 0.4) is 0 Å². The largest absolute Gasteiger partial charge is 0.381 e. The van der Waals surface area contributed by atoms with Gasteiger partial charge in [-0.2, -0.15) is 0 Å². The summed E-state index contributed by atoms with van der Waals surface area (Å²) >= 11 is 0. The van der Waals surface area contributed by atoms with Crippen molar-refractivity contribution in [3.05, 3.63) is 0 Å².